The van der Waals surface area contributed by atoms with Gasteiger partial charge in [0.1, 0.15) is 39.2 Å². The highest BCUT2D eigenvalue weighted by atomic mass is 16.3. The predicted molar refractivity (Wildman–Crippen MR) is 142 cm³/mol. The molecule has 1 N–H and O–H groups in total. The van der Waals surface area contributed by atoms with Crippen LogP contribution in [0.2, 0.25) is 0 Å². The quantitative estimate of drug-likeness (QED) is 0.360. The number of hydrogen-bond donors (Lipinski definition) is 1. The Hall–Kier alpha value is -4.59. The number of aromatic hydroxyl groups is 1. The molecule has 1 aliphatic carbocycles. The van der Waals surface area contributed by atoms with Gasteiger partial charge in [-0.3, -0.25) is 4.79 Å². The van der Waals surface area contributed by atoms with E-state index < -0.39 is 0 Å². The molecule has 0 amide bonds. The van der Waals surface area contributed by atoms with E-state index in [0.29, 0.717) is 36.2 Å². The van der Waals surface area contributed by atoms with Crippen molar-refractivity contribution in [2.75, 3.05) is 0 Å². The van der Waals surface area contributed by atoms with Crippen molar-refractivity contribution in [3.05, 3.63) is 90.0 Å². The molecule has 0 saturated carbocycles. The van der Waals surface area contributed by atoms with Gasteiger partial charge >= 0.3 is 0 Å². The van der Waals surface area contributed by atoms with Crippen LogP contribution in [0.15, 0.2) is 84.5 Å². The van der Waals surface area contributed by atoms with Crippen molar-refractivity contribution >= 4 is 33.5 Å². The number of carbonyl (C=O) groups is 1. The van der Waals surface area contributed by atoms with Crippen LogP contribution >= 0.6 is 0 Å². The Balaban J connectivity index is 1.28. The van der Waals surface area contributed by atoms with Crippen LogP contribution in [0, 0.1) is 5.41 Å². The number of phenols is 1. The summed E-state index contributed by atoms with van der Waals surface area (Å²) in [5.74, 6) is 0.0158. The fourth-order valence-corrected chi connectivity index (χ4v) is 4.65. The molecule has 184 valence electrons. The highest BCUT2D eigenvalue weighted by Gasteiger charge is 2.28. The molecule has 0 unspecified atom stereocenters. The van der Waals surface area contributed by atoms with Crippen molar-refractivity contribution in [2.24, 2.45) is 5.41 Å². The van der Waals surface area contributed by atoms with E-state index in [1.54, 1.807) is 6.07 Å². The Morgan fingerprint density at radius 3 is 1.95 bits per heavy atom. The van der Waals surface area contributed by atoms with Gasteiger partial charge in [0.25, 0.3) is 0 Å². The first-order valence-electron chi connectivity index (χ1n) is 12.3. The van der Waals surface area contributed by atoms with Gasteiger partial charge in [0.05, 0.1) is 0 Å². The van der Waals surface area contributed by atoms with Gasteiger partial charge in [0.15, 0.2) is 0 Å². The fraction of sp³-hybridized carbons (Fsp3) is 0.207. The van der Waals surface area contributed by atoms with E-state index in [1.165, 1.54) is 9.59 Å². The first kappa shape index (κ1) is 22.8. The van der Waals surface area contributed by atoms with Gasteiger partial charge in [-0.1, -0.05) is 56.3 Å². The number of benzene rings is 3. The number of aromatic nitrogens is 6. The number of para-hydroxylation sites is 1. The highest BCUT2D eigenvalue weighted by molar-refractivity contribution is 6.24. The van der Waals surface area contributed by atoms with E-state index in [9.17, 15) is 9.90 Å². The standard InChI is InChI=1S/C29H26N6O2/c1-29(2)17-16-20(28(37)26(18-29)35-32-23-11-5-6-12-24(23)33-35)15-14-19-8-7-13-25(27(19)36)34-30-21-9-3-4-10-22(21)31-34/h3-13,16,18,36H,14-15,17H2,1-2H3. The third-order valence-electron chi connectivity index (χ3n) is 6.69. The molecule has 0 bridgehead atoms. The average Bonchev–Trinajstić information content (AvgIpc) is 3.49. The minimum atomic E-state index is -0.234. The van der Waals surface area contributed by atoms with Crippen LogP contribution in [0.3, 0.4) is 0 Å². The van der Waals surface area contributed by atoms with Crippen molar-refractivity contribution < 1.29 is 9.90 Å². The maximum Gasteiger partial charge on any atom is 0.208 e. The first-order chi connectivity index (χ1) is 17.9. The van der Waals surface area contributed by atoms with Gasteiger partial charge in [-0.2, -0.15) is 0 Å². The third kappa shape index (κ3) is 4.31. The van der Waals surface area contributed by atoms with Crippen LogP contribution in [0.1, 0.15) is 32.3 Å². The van der Waals surface area contributed by atoms with E-state index in [0.717, 1.165) is 27.6 Å². The second kappa shape index (κ2) is 8.81. The molecule has 37 heavy (non-hydrogen) atoms. The fourth-order valence-electron chi connectivity index (χ4n) is 4.65. The lowest BCUT2D eigenvalue weighted by molar-refractivity contribution is -0.111. The summed E-state index contributed by atoms with van der Waals surface area (Å²) in [5.41, 5.74) is 5.12. The molecule has 0 saturated heterocycles. The number of ketones is 1. The van der Waals surface area contributed by atoms with Crippen LogP contribution in [0.25, 0.3) is 33.5 Å². The molecule has 5 aromatic rings. The molecule has 2 heterocycles. The maximum absolute atomic E-state index is 13.7. The summed E-state index contributed by atoms with van der Waals surface area (Å²) in [7, 11) is 0. The Bertz CT molecular complexity index is 1660. The molecular weight excluding hydrogens is 464 g/mol. The lowest BCUT2D eigenvalue weighted by Gasteiger charge is -2.17. The number of fused-ring (bicyclic) bond motifs is 2. The molecule has 2 aromatic heterocycles. The monoisotopic (exact) mass is 490 g/mol. The largest absolute Gasteiger partial charge is 0.505 e. The number of nitrogens with zero attached hydrogens (tertiary/aromatic N) is 6. The number of Topliss-reactive ketones (excluding diaryl/α,β-unsaturated/α-hetero) is 1. The minimum Gasteiger partial charge on any atom is -0.505 e. The zero-order chi connectivity index (χ0) is 25.6. The summed E-state index contributed by atoms with van der Waals surface area (Å²) in [4.78, 5) is 16.6. The normalized spacial score (nSPS) is 15.6. The maximum atomic E-state index is 13.7. The zero-order valence-corrected chi connectivity index (χ0v) is 20.7. The predicted octanol–water partition coefficient (Wildman–Crippen LogP) is 5.27. The van der Waals surface area contributed by atoms with E-state index in [1.807, 2.05) is 72.8 Å². The number of allylic oxidation sites excluding steroid dienone is 4. The van der Waals surface area contributed by atoms with Gasteiger partial charge in [0.2, 0.25) is 5.78 Å². The van der Waals surface area contributed by atoms with E-state index in [2.05, 4.69) is 34.2 Å². The molecule has 1 aliphatic rings. The molecule has 3 aromatic carbocycles. The van der Waals surface area contributed by atoms with Crippen molar-refractivity contribution in [3.8, 4) is 11.4 Å². The molecule has 0 spiro atoms. The molecule has 0 radical (unpaired) electrons. The minimum absolute atomic E-state index is 0.0958. The lowest BCUT2D eigenvalue weighted by atomic mass is 9.89. The SMILES string of the molecule is CC1(C)C=C(n2nc3ccccc3n2)C(=O)C(CCc2cccc(-n3nc4ccccc4n3)c2O)=CC1. The Morgan fingerprint density at radius 2 is 1.35 bits per heavy atom. The smallest absolute Gasteiger partial charge is 0.208 e. The van der Waals surface area contributed by atoms with Gasteiger partial charge in [0, 0.05) is 0 Å². The lowest BCUT2D eigenvalue weighted by Crippen LogP contribution is -2.15. The molecule has 0 atom stereocenters. The number of rotatable bonds is 5. The summed E-state index contributed by atoms with van der Waals surface area (Å²) in [6, 6.07) is 20.7. The number of aryl methyl sites for hydroxylation is 1. The molecular formula is C29H26N6O2. The average molecular weight is 491 g/mol. The van der Waals surface area contributed by atoms with Crippen LogP contribution in [0.5, 0.6) is 5.75 Å². The number of carbonyl (C=O) groups excluding carboxylic acids is 1. The van der Waals surface area contributed by atoms with Crippen LogP contribution in [-0.4, -0.2) is 40.9 Å². The van der Waals surface area contributed by atoms with Gasteiger partial charge in [-0.05, 0) is 72.2 Å². The Kier molecular flexibility index (Phi) is 5.44. The van der Waals surface area contributed by atoms with E-state index >= 15 is 0 Å². The molecule has 0 fully saturated rings. The van der Waals surface area contributed by atoms with Crippen molar-refractivity contribution in [3.63, 3.8) is 0 Å². The third-order valence-corrected chi connectivity index (χ3v) is 6.69. The van der Waals surface area contributed by atoms with Crippen LogP contribution < -0.4 is 0 Å². The van der Waals surface area contributed by atoms with Gasteiger partial charge in [-0.15, -0.1) is 30.0 Å². The van der Waals surface area contributed by atoms with Crippen molar-refractivity contribution in [1.29, 1.82) is 0 Å². The summed E-state index contributed by atoms with van der Waals surface area (Å²) in [6.45, 7) is 4.19. The second-order valence-corrected chi connectivity index (χ2v) is 10.0. The second-order valence-electron chi connectivity index (χ2n) is 10.0. The van der Waals surface area contributed by atoms with Gasteiger partial charge in [-0.25, -0.2) is 0 Å². The molecule has 8 heteroatoms. The van der Waals surface area contributed by atoms with Crippen molar-refractivity contribution in [1.82, 2.24) is 30.0 Å². The molecule has 8 nitrogen and oxygen atoms in total. The first-order valence-corrected chi connectivity index (χ1v) is 12.3. The Morgan fingerprint density at radius 1 is 0.784 bits per heavy atom. The zero-order valence-electron chi connectivity index (χ0n) is 20.7. The Labute approximate surface area is 213 Å². The summed E-state index contributed by atoms with van der Waals surface area (Å²) in [5, 5.41) is 29.2. The molecule has 0 aliphatic heterocycles. The van der Waals surface area contributed by atoms with Crippen molar-refractivity contribution in [2.45, 2.75) is 33.1 Å². The van der Waals surface area contributed by atoms with Gasteiger partial charge < -0.3 is 5.11 Å². The molecule has 6 rings (SSSR count). The van der Waals surface area contributed by atoms with Crippen LogP contribution in [-0.2, 0) is 11.2 Å². The topological polar surface area (TPSA) is 98.7 Å². The van der Waals surface area contributed by atoms with Crippen LogP contribution in [0.4, 0.5) is 0 Å². The summed E-state index contributed by atoms with van der Waals surface area (Å²) >= 11 is 0. The number of phenolic OH excluding ortho intramolecular Hbond substituents is 1. The van der Waals surface area contributed by atoms with E-state index in [-0.39, 0.29) is 16.9 Å². The summed E-state index contributed by atoms with van der Waals surface area (Å²) < 4.78 is 0. The summed E-state index contributed by atoms with van der Waals surface area (Å²) in [6.07, 6.45) is 5.65. The number of hydrogen-bond acceptors (Lipinski definition) is 6. The highest BCUT2D eigenvalue weighted by Crippen LogP contribution is 2.34. The van der Waals surface area contributed by atoms with E-state index in [4.69, 9.17) is 0 Å².